The maximum absolute atomic E-state index is 9.36. The predicted molar refractivity (Wildman–Crippen MR) is 46.9 cm³/mol. The molecule has 0 aromatic carbocycles. The van der Waals surface area contributed by atoms with Gasteiger partial charge in [0.25, 0.3) is 0 Å². The van der Waals surface area contributed by atoms with Gasteiger partial charge in [-0.1, -0.05) is 35.4 Å². The van der Waals surface area contributed by atoms with Gasteiger partial charge in [-0.05, 0) is 18.8 Å². The van der Waals surface area contributed by atoms with Crippen LogP contribution in [0.2, 0.25) is 0 Å². The van der Waals surface area contributed by atoms with E-state index in [-0.39, 0.29) is 6.10 Å². The molecule has 1 rings (SSSR count). The van der Waals surface area contributed by atoms with Crippen molar-refractivity contribution in [2.24, 2.45) is 5.92 Å². The van der Waals surface area contributed by atoms with Crippen molar-refractivity contribution in [3.05, 3.63) is 0 Å². The molecule has 0 aromatic heterocycles. The molecule has 9 heavy (non-hydrogen) atoms. The van der Waals surface area contributed by atoms with Crippen LogP contribution in [0.4, 0.5) is 0 Å². The fraction of sp³-hybridized carbons (Fsp3) is 1.00. The van der Waals surface area contributed by atoms with Crippen molar-refractivity contribution in [1.82, 2.24) is 0 Å². The highest BCUT2D eigenvalue weighted by atomic mass is 127. The van der Waals surface area contributed by atoms with Crippen LogP contribution in [0, 0.1) is 5.92 Å². The van der Waals surface area contributed by atoms with Gasteiger partial charge in [-0.25, -0.2) is 0 Å². The standard InChI is InChI=1S/C7H13IO/c8-5-6-3-1-2-4-7(6)9/h6-7,9H,1-5H2/t6-,7?/m0/s1. The Hall–Kier alpha value is 0.690. The smallest absolute Gasteiger partial charge is 0.0575 e. The lowest BCUT2D eigenvalue weighted by atomic mass is 9.88. The molecule has 1 nitrogen and oxygen atoms in total. The number of halogens is 1. The van der Waals surface area contributed by atoms with Crippen LogP contribution < -0.4 is 0 Å². The van der Waals surface area contributed by atoms with E-state index in [0.29, 0.717) is 5.92 Å². The fourth-order valence-electron chi connectivity index (χ4n) is 1.37. The van der Waals surface area contributed by atoms with Crippen molar-refractivity contribution in [2.45, 2.75) is 31.8 Å². The molecule has 1 aliphatic rings. The highest BCUT2D eigenvalue weighted by molar-refractivity contribution is 14.1. The number of aliphatic hydroxyl groups excluding tert-OH is 1. The Morgan fingerprint density at radius 3 is 2.44 bits per heavy atom. The molecular formula is C7H13IO. The third kappa shape index (κ3) is 2.08. The molecule has 1 fully saturated rings. The van der Waals surface area contributed by atoms with E-state index in [9.17, 15) is 5.11 Å². The van der Waals surface area contributed by atoms with E-state index < -0.39 is 0 Å². The average Bonchev–Trinajstić information content (AvgIpc) is 1.89. The first-order chi connectivity index (χ1) is 4.34. The normalized spacial score (nSPS) is 36.7. The Bertz CT molecular complexity index is 85.0. The van der Waals surface area contributed by atoms with Crippen molar-refractivity contribution in [3.63, 3.8) is 0 Å². The molecule has 1 N–H and O–H groups in total. The molecule has 1 unspecified atom stereocenters. The Labute approximate surface area is 70.0 Å². The minimum atomic E-state index is 0.00986. The number of hydrogen-bond donors (Lipinski definition) is 1. The second kappa shape index (κ2) is 3.76. The van der Waals surface area contributed by atoms with Gasteiger partial charge in [0.1, 0.15) is 0 Å². The fourth-order valence-corrected chi connectivity index (χ4v) is 2.40. The third-order valence-corrected chi connectivity index (χ3v) is 3.20. The van der Waals surface area contributed by atoms with Gasteiger partial charge in [0.05, 0.1) is 6.10 Å². The topological polar surface area (TPSA) is 20.2 Å². The summed E-state index contributed by atoms with van der Waals surface area (Å²) in [5, 5.41) is 9.36. The van der Waals surface area contributed by atoms with Crippen molar-refractivity contribution < 1.29 is 5.11 Å². The predicted octanol–water partition coefficient (Wildman–Crippen LogP) is 1.97. The second-order valence-corrected chi connectivity index (χ2v) is 3.65. The minimum absolute atomic E-state index is 0.00986. The highest BCUT2D eigenvalue weighted by Gasteiger charge is 2.20. The van der Waals surface area contributed by atoms with E-state index in [4.69, 9.17) is 0 Å². The molecule has 1 saturated carbocycles. The van der Waals surface area contributed by atoms with Crippen molar-refractivity contribution >= 4 is 22.6 Å². The molecule has 0 aromatic rings. The lowest BCUT2D eigenvalue weighted by Gasteiger charge is -2.25. The summed E-state index contributed by atoms with van der Waals surface area (Å²) < 4.78 is 1.12. The van der Waals surface area contributed by atoms with Gasteiger partial charge in [-0.15, -0.1) is 0 Å². The first-order valence-electron chi connectivity index (χ1n) is 3.58. The van der Waals surface area contributed by atoms with Crippen LogP contribution >= 0.6 is 22.6 Å². The molecule has 1 aliphatic carbocycles. The van der Waals surface area contributed by atoms with Crippen LogP contribution in [0.1, 0.15) is 25.7 Å². The van der Waals surface area contributed by atoms with E-state index in [0.717, 1.165) is 10.8 Å². The van der Waals surface area contributed by atoms with E-state index in [1.165, 1.54) is 19.3 Å². The largest absolute Gasteiger partial charge is 0.393 e. The summed E-state index contributed by atoms with van der Waals surface area (Å²) in [6.07, 6.45) is 4.84. The zero-order valence-electron chi connectivity index (χ0n) is 5.52. The number of rotatable bonds is 1. The maximum atomic E-state index is 9.36. The summed E-state index contributed by atoms with van der Waals surface area (Å²) in [4.78, 5) is 0. The molecule has 0 radical (unpaired) electrons. The van der Waals surface area contributed by atoms with E-state index in [1.54, 1.807) is 0 Å². The monoisotopic (exact) mass is 240 g/mol. The molecule has 0 spiro atoms. The molecule has 0 heterocycles. The van der Waals surface area contributed by atoms with Crippen molar-refractivity contribution in [2.75, 3.05) is 4.43 Å². The van der Waals surface area contributed by atoms with Crippen molar-refractivity contribution in [3.8, 4) is 0 Å². The SMILES string of the molecule is OC1CCCC[C@H]1CI. The quantitative estimate of drug-likeness (QED) is 0.548. The number of alkyl halides is 1. The van der Waals surface area contributed by atoms with Crippen LogP contribution in [0.3, 0.4) is 0 Å². The molecule has 54 valence electrons. The van der Waals surface area contributed by atoms with Crippen LogP contribution in [0.15, 0.2) is 0 Å². The summed E-state index contributed by atoms with van der Waals surface area (Å²) in [5.74, 6) is 0.597. The van der Waals surface area contributed by atoms with E-state index in [2.05, 4.69) is 22.6 Å². The molecule has 2 atom stereocenters. The maximum Gasteiger partial charge on any atom is 0.0575 e. The molecule has 2 heteroatoms. The number of hydrogen-bond acceptors (Lipinski definition) is 1. The zero-order valence-corrected chi connectivity index (χ0v) is 7.67. The Morgan fingerprint density at radius 1 is 1.33 bits per heavy atom. The summed E-state index contributed by atoms with van der Waals surface area (Å²) in [6, 6.07) is 0. The minimum Gasteiger partial charge on any atom is -0.393 e. The second-order valence-electron chi connectivity index (χ2n) is 2.77. The first-order valence-corrected chi connectivity index (χ1v) is 5.11. The Balaban J connectivity index is 2.30. The van der Waals surface area contributed by atoms with Crippen molar-refractivity contribution in [1.29, 1.82) is 0 Å². The summed E-state index contributed by atoms with van der Waals surface area (Å²) in [7, 11) is 0. The van der Waals surface area contributed by atoms with Gasteiger partial charge in [-0.3, -0.25) is 0 Å². The lowest BCUT2D eigenvalue weighted by molar-refractivity contribution is 0.0830. The Kier molecular flexibility index (Phi) is 3.26. The van der Waals surface area contributed by atoms with E-state index in [1.807, 2.05) is 0 Å². The summed E-state index contributed by atoms with van der Waals surface area (Å²) in [6.45, 7) is 0. The highest BCUT2D eigenvalue weighted by Crippen LogP contribution is 2.25. The summed E-state index contributed by atoms with van der Waals surface area (Å²) in [5.41, 5.74) is 0. The van der Waals surface area contributed by atoms with Gasteiger partial charge >= 0.3 is 0 Å². The third-order valence-electron chi connectivity index (χ3n) is 2.07. The number of aliphatic hydroxyl groups is 1. The lowest BCUT2D eigenvalue weighted by Crippen LogP contribution is -2.25. The molecular weight excluding hydrogens is 227 g/mol. The van der Waals surface area contributed by atoms with Gasteiger partial charge < -0.3 is 5.11 Å². The Morgan fingerprint density at radius 2 is 2.00 bits per heavy atom. The van der Waals surface area contributed by atoms with Gasteiger partial charge in [0, 0.05) is 4.43 Å². The molecule has 0 bridgehead atoms. The van der Waals surface area contributed by atoms with Crippen LogP contribution in [-0.2, 0) is 0 Å². The van der Waals surface area contributed by atoms with Gasteiger partial charge in [0.2, 0.25) is 0 Å². The van der Waals surface area contributed by atoms with Crippen LogP contribution in [0.5, 0.6) is 0 Å². The zero-order chi connectivity index (χ0) is 6.69. The van der Waals surface area contributed by atoms with Gasteiger partial charge in [0.15, 0.2) is 0 Å². The van der Waals surface area contributed by atoms with E-state index >= 15 is 0 Å². The molecule has 0 amide bonds. The average molecular weight is 240 g/mol. The molecule has 0 aliphatic heterocycles. The first kappa shape index (κ1) is 7.79. The van der Waals surface area contributed by atoms with Crippen LogP contribution in [-0.4, -0.2) is 15.6 Å². The van der Waals surface area contributed by atoms with Crippen LogP contribution in [0.25, 0.3) is 0 Å². The van der Waals surface area contributed by atoms with Gasteiger partial charge in [-0.2, -0.15) is 0 Å². The molecule has 0 saturated heterocycles. The summed E-state index contributed by atoms with van der Waals surface area (Å²) >= 11 is 2.36.